The molecule has 4 saturated carbocycles. The summed E-state index contributed by atoms with van der Waals surface area (Å²) in [6, 6.07) is 0. The number of aliphatic hydroxyl groups excluding tert-OH is 4. The first-order valence-electron chi connectivity index (χ1n) is 18.6. The van der Waals surface area contributed by atoms with Gasteiger partial charge in [0.15, 0.2) is 0 Å². The summed E-state index contributed by atoms with van der Waals surface area (Å²) in [6.07, 6.45) is 7.01. The Hall–Kier alpha value is -2.00. The monoisotopic (exact) mass is 686 g/mol. The van der Waals surface area contributed by atoms with Crippen LogP contribution in [0.25, 0.3) is 0 Å². The van der Waals surface area contributed by atoms with E-state index in [1.807, 2.05) is 26.8 Å². The van der Waals surface area contributed by atoms with Crippen LogP contribution in [-0.2, 0) is 19.1 Å². The van der Waals surface area contributed by atoms with E-state index in [1.165, 1.54) is 0 Å². The molecule has 0 radical (unpaired) electrons. The summed E-state index contributed by atoms with van der Waals surface area (Å²) in [5.74, 6) is -0.804. The Labute approximate surface area is 295 Å². The zero-order valence-electron chi connectivity index (χ0n) is 32.0. The third-order valence-corrected chi connectivity index (χ3v) is 15.2. The van der Waals surface area contributed by atoms with Crippen molar-refractivity contribution < 1.29 is 39.5 Å². The normalized spacial score (nSPS) is 45.5. The average Bonchev–Trinajstić information content (AvgIpc) is 3.04. The number of hydrogen-bond acceptors (Lipinski definition) is 8. The number of rotatable bonds is 9. The summed E-state index contributed by atoms with van der Waals surface area (Å²) in [6.45, 7) is 24.2. The summed E-state index contributed by atoms with van der Waals surface area (Å²) in [5, 5.41) is 47.1. The SMILES string of the molecule is C=CCC1[C@@]2(C)CC[C@H](O)[C@](C)(COC(=O)/C(C)=C/C)C2CC[C@@]1(C)[C@@]1(C)CC2CC(C)(C)[C@@H](O)[C@H](O)[C@]2(COC(=O)/C(C)=C/C)[C@H](O)C1. The summed E-state index contributed by atoms with van der Waals surface area (Å²) < 4.78 is 11.7. The number of ether oxygens (including phenoxy) is 2. The van der Waals surface area contributed by atoms with Gasteiger partial charge in [-0.25, -0.2) is 9.59 Å². The molecule has 3 unspecified atom stereocenters. The van der Waals surface area contributed by atoms with Crippen LogP contribution in [0.15, 0.2) is 36.0 Å². The van der Waals surface area contributed by atoms with Crippen LogP contribution in [0.1, 0.15) is 121 Å². The van der Waals surface area contributed by atoms with Gasteiger partial charge in [0.05, 0.1) is 36.4 Å². The van der Waals surface area contributed by atoms with E-state index in [0.717, 1.165) is 25.7 Å². The van der Waals surface area contributed by atoms with E-state index in [2.05, 4.69) is 34.3 Å². The number of aliphatic hydroxyl groups is 4. The number of esters is 2. The van der Waals surface area contributed by atoms with Crippen LogP contribution in [0.3, 0.4) is 0 Å². The van der Waals surface area contributed by atoms with E-state index in [-0.39, 0.29) is 53.2 Å². The van der Waals surface area contributed by atoms with Crippen LogP contribution in [0.2, 0.25) is 0 Å². The van der Waals surface area contributed by atoms with Gasteiger partial charge in [-0.2, -0.15) is 0 Å². The van der Waals surface area contributed by atoms with E-state index in [1.54, 1.807) is 32.9 Å². The maximum absolute atomic E-state index is 12.9. The largest absolute Gasteiger partial charge is 0.462 e. The molecule has 0 saturated heterocycles. The predicted octanol–water partition coefficient (Wildman–Crippen LogP) is 6.70. The van der Waals surface area contributed by atoms with Crippen LogP contribution in [0, 0.1) is 50.2 Å². The second-order valence-electron chi connectivity index (χ2n) is 18.1. The minimum absolute atomic E-state index is 0.0940. The van der Waals surface area contributed by atoms with Crippen LogP contribution >= 0.6 is 0 Å². The van der Waals surface area contributed by atoms with Crippen molar-refractivity contribution in [1.29, 1.82) is 0 Å². The predicted molar refractivity (Wildman–Crippen MR) is 191 cm³/mol. The molecule has 4 rings (SSSR count). The highest BCUT2D eigenvalue weighted by Crippen LogP contribution is 2.73. The zero-order chi connectivity index (χ0) is 37.0. The molecule has 12 atom stereocenters. The van der Waals surface area contributed by atoms with Crippen molar-refractivity contribution in [2.75, 3.05) is 13.2 Å². The molecule has 4 N–H and O–H groups in total. The molecule has 49 heavy (non-hydrogen) atoms. The van der Waals surface area contributed by atoms with Gasteiger partial charge >= 0.3 is 11.9 Å². The molecule has 0 aromatic rings. The Morgan fingerprint density at radius 2 is 1.35 bits per heavy atom. The molecular formula is C41H66O8. The standard InChI is InChI=1S/C41H66O8/c1-12-15-29-38(9)18-17-30(42)39(10,23-48-34(46)25(4)13-2)28(38)16-19-40(29,11)37(8)21-27-20-36(6,7)32(44)33(45)41(27,31(43)22-37)24-49-35(47)26(5)14-3/h12-14,27-33,42-45H,1,15-24H2,2-11H3/b25-13+,26-14+/t27?,28?,29?,30-,31+,32-,33-,37-,38-,39+,40+,41-/m0/s1. The molecule has 0 amide bonds. The molecule has 4 aliphatic carbocycles. The number of fused-ring (bicyclic) bond motifs is 2. The second-order valence-corrected chi connectivity index (χ2v) is 18.1. The van der Waals surface area contributed by atoms with Gasteiger partial charge < -0.3 is 29.9 Å². The van der Waals surface area contributed by atoms with Crippen molar-refractivity contribution in [3.05, 3.63) is 36.0 Å². The molecule has 4 fully saturated rings. The smallest absolute Gasteiger partial charge is 0.333 e. The average molecular weight is 687 g/mol. The third-order valence-electron chi connectivity index (χ3n) is 15.2. The maximum Gasteiger partial charge on any atom is 0.333 e. The Bertz CT molecular complexity index is 1330. The van der Waals surface area contributed by atoms with Crippen LogP contribution in [-0.4, -0.2) is 70.0 Å². The molecule has 0 heterocycles. The minimum Gasteiger partial charge on any atom is -0.462 e. The van der Waals surface area contributed by atoms with Gasteiger partial charge in [0.2, 0.25) is 0 Å². The molecule has 0 aromatic carbocycles. The highest BCUT2D eigenvalue weighted by atomic mass is 16.5. The second kappa shape index (κ2) is 13.9. The Kier molecular flexibility index (Phi) is 11.2. The maximum atomic E-state index is 12.9. The molecule has 0 aliphatic heterocycles. The highest BCUT2D eigenvalue weighted by molar-refractivity contribution is 5.88. The molecule has 8 nitrogen and oxygen atoms in total. The van der Waals surface area contributed by atoms with Crippen LogP contribution in [0.4, 0.5) is 0 Å². The number of carbonyl (C=O) groups is 2. The molecule has 4 aliphatic rings. The molecule has 0 bridgehead atoms. The van der Waals surface area contributed by atoms with E-state index < -0.39 is 46.6 Å². The summed E-state index contributed by atoms with van der Waals surface area (Å²) >= 11 is 0. The van der Waals surface area contributed by atoms with Gasteiger partial charge in [-0.05, 0) is 118 Å². The van der Waals surface area contributed by atoms with Gasteiger partial charge in [0.1, 0.15) is 6.61 Å². The quantitative estimate of drug-likeness (QED) is 0.120. The van der Waals surface area contributed by atoms with Crippen LogP contribution in [0.5, 0.6) is 0 Å². The first-order valence-corrected chi connectivity index (χ1v) is 18.6. The Morgan fingerprint density at radius 3 is 1.90 bits per heavy atom. The fourth-order valence-electron chi connectivity index (χ4n) is 11.5. The molecular weight excluding hydrogens is 620 g/mol. The van der Waals surface area contributed by atoms with Gasteiger partial charge in [0, 0.05) is 16.6 Å². The highest BCUT2D eigenvalue weighted by Gasteiger charge is 2.70. The van der Waals surface area contributed by atoms with Crippen molar-refractivity contribution in [3.63, 3.8) is 0 Å². The van der Waals surface area contributed by atoms with Gasteiger partial charge in [-0.3, -0.25) is 0 Å². The Balaban J connectivity index is 1.74. The van der Waals surface area contributed by atoms with E-state index >= 15 is 0 Å². The lowest BCUT2D eigenvalue weighted by molar-refractivity contribution is -0.276. The Morgan fingerprint density at radius 1 is 0.776 bits per heavy atom. The fourth-order valence-corrected chi connectivity index (χ4v) is 11.5. The molecule has 8 heteroatoms. The zero-order valence-corrected chi connectivity index (χ0v) is 32.0. The lowest BCUT2D eigenvalue weighted by Gasteiger charge is -2.70. The van der Waals surface area contributed by atoms with Crippen molar-refractivity contribution in [2.45, 2.75) is 145 Å². The molecule has 0 aromatic heterocycles. The number of allylic oxidation sites excluding steroid dienone is 3. The number of carbonyl (C=O) groups excluding carboxylic acids is 2. The first-order chi connectivity index (χ1) is 22.6. The minimum atomic E-state index is -1.26. The molecule has 0 spiro atoms. The fraction of sp³-hybridized carbons (Fsp3) is 0.805. The van der Waals surface area contributed by atoms with Gasteiger partial charge in [0.25, 0.3) is 0 Å². The first kappa shape index (κ1) is 39.8. The van der Waals surface area contributed by atoms with E-state index in [4.69, 9.17) is 9.47 Å². The van der Waals surface area contributed by atoms with Gasteiger partial charge in [-0.1, -0.05) is 59.8 Å². The van der Waals surface area contributed by atoms with E-state index in [9.17, 15) is 30.0 Å². The lowest BCUT2D eigenvalue weighted by Crippen LogP contribution is -2.70. The van der Waals surface area contributed by atoms with E-state index in [0.29, 0.717) is 36.8 Å². The summed E-state index contributed by atoms with van der Waals surface area (Å²) in [5.41, 5.74) is -2.27. The summed E-state index contributed by atoms with van der Waals surface area (Å²) in [7, 11) is 0. The van der Waals surface area contributed by atoms with Gasteiger partial charge in [-0.15, -0.1) is 6.58 Å². The van der Waals surface area contributed by atoms with Crippen molar-refractivity contribution >= 4 is 11.9 Å². The third kappa shape index (κ3) is 6.29. The lowest BCUT2D eigenvalue weighted by atomic mass is 9.35. The van der Waals surface area contributed by atoms with Crippen molar-refractivity contribution in [1.82, 2.24) is 0 Å². The molecule has 278 valence electrons. The van der Waals surface area contributed by atoms with Crippen LogP contribution < -0.4 is 0 Å². The number of hydrogen-bond donors (Lipinski definition) is 4. The van der Waals surface area contributed by atoms with Crippen molar-refractivity contribution in [3.8, 4) is 0 Å². The van der Waals surface area contributed by atoms with Crippen molar-refractivity contribution in [2.24, 2.45) is 50.2 Å². The summed E-state index contributed by atoms with van der Waals surface area (Å²) in [4.78, 5) is 25.6. The topological polar surface area (TPSA) is 134 Å².